The Morgan fingerprint density at radius 3 is 2.35 bits per heavy atom. The first-order chi connectivity index (χ1) is 9.11. The lowest BCUT2D eigenvalue weighted by Gasteiger charge is -2.27. The summed E-state index contributed by atoms with van der Waals surface area (Å²) in [5.41, 5.74) is 0.820. The quantitative estimate of drug-likeness (QED) is 0.801. The van der Waals surface area contributed by atoms with Gasteiger partial charge in [-0.15, -0.1) is 0 Å². The minimum atomic E-state index is -1.07. The normalized spacial score (nSPS) is 12.7. The second kappa shape index (κ2) is 6.13. The van der Waals surface area contributed by atoms with E-state index in [1.54, 1.807) is 39.0 Å². The van der Waals surface area contributed by atoms with Crippen LogP contribution in [0, 0.1) is 12.3 Å². The lowest BCUT2D eigenvalue weighted by molar-refractivity contribution is -0.141. The number of urea groups is 1. The zero-order chi connectivity index (χ0) is 15.5. The summed E-state index contributed by atoms with van der Waals surface area (Å²) in [4.78, 5) is 23.0. The summed E-state index contributed by atoms with van der Waals surface area (Å²) in [5.74, 6) is -1.07. The van der Waals surface area contributed by atoms with Crippen LogP contribution in [0.3, 0.4) is 0 Å². The van der Waals surface area contributed by atoms with E-state index in [-0.39, 0.29) is 0 Å². The van der Waals surface area contributed by atoms with E-state index in [9.17, 15) is 9.59 Å². The summed E-state index contributed by atoms with van der Waals surface area (Å²) in [6.45, 7) is 7.09. The number of hydrogen-bond donors (Lipinski definition) is 3. The largest absolute Gasteiger partial charge is 0.480 e. The van der Waals surface area contributed by atoms with E-state index in [2.05, 4.69) is 10.6 Å². The number of carboxylic acid groups (broad SMARTS) is 1. The molecule has 0 heterocycles. The van der Waals surface area contributed by atoms with Crippen LogP contribution >= 0.6 is 11.6 Å². The highest BCUT2D eigenvalue weighted by atomic mass is 35.5. The summed E-state index contributed by atoms with van der Waals surface area (Å²) in [6.07, 6.45) is 0. The average molecular weight is 299 g/mol. The molecular weight excluding hydrogens is 280 g/mol. The van der Waals surface area contributed by atoms with Gasteiger partial charge in [-0.05, 0) is 30.0 Å². The zero-order valence-electron chi connectivity index (χ0n) is 12.0. The number of carbonyl (C=O) groups is 2. The number of anilines is 1. The number of carbonyl (C=O) groups excluding carboxylic acids is 1. The molecule has 0 spiro atoms. The van der Waals surface area contributed by atoms with Crippen LogP contribution in [0.25, 0.3) is 0 Å². The van der Waals surface area contributed by atoms with Crippen molar-refractivity contribution >= 4 is 29.3 Å². The third-order valence-electron chi connectivity index (χ3n) is 2.82. The van der Waals surface area contributed by atoms with Crippen LogP contribution in [-0.2, 0) is 4.79 Å². The molecule has 2 amide bonds. The first-order valence-electron chi connectivity index (χ1n) is 6.17. The first-order valence-corrected chi connectivity index (χ1v) is 6.55. The molecular formula is C14H19ClN2O3. The maximum Gasteiger partial charge on any atom is 0.326 e. The Morgan fingerprint density at radius 1 is 1.30 bits per heavy atom. The number of rotatable bonds is 3. The Hall–Kier alpha value is -1.75. The second-order valence-corrected chi connectivity index (χ2v) is 6.11. The Balaban J connectivity index is 2.76. The minimum Gasteiger partial charge on any atom is -0.480 e. The molecule has 6 heteroatoms. The highest BCUT2D eigenvalue weighted by Gasteiger charge is 2.32. The van der Waals surface area contributed by atoms with Crippen molar-refractivity contribution < 1.29 is 14.7 Å². The average Bonchev–Trinajstić information content (AvgIpc) is 2.29. The maximum atomic E-state index is 11.8. The minimum absolute atomic E-state index is 0.510. The lowest BCUT2D eigenvalue weighted by atomic mass is 9.87. The van der Waals surface area contributed by atoms with Gasteiger partial charge < -0.3 is 15.7 Å². The van der Waals surface area contributed by atoms with E-state index < -0.39 is 23.5 Å². The first kappa shape index (κ1) is 16.3. The summed E-state index contributed by atoms with van der Waals surface area (Å²) in [7, 11) is 0. The van der Waals surface area contributed by atoms with Crippen molar-refractivity contribution in [3.05, 3.63) is 28.8 Å². The number of carboxylic acids is 1. The van der Waals surface area contributed by atoms with Gasteiger partial charge in [0.15, 0.2) is 0 Å². The molecule has 5 nitrogen and oxygen atoms in total. The van der Waals surface area contributed by atoms with E-state index in [4.69, 9.17) is 16.7 Å². The fourth-order valence-electron chi connectivity index (χ4n) is 1.62. The van der Waals surface area contributed by atoms with Crippen molar-refractivity contribution in [3.63, 3.8) is 0 Å². The molecule has 3 N–H and O–H groups in total. The van der Waals surface area contributed by atoms with Crippen molar-refractivity contribution in [1.29, 1.82) is 0 Å². The molecule has 1 atom stereocenters. The molecule has 1 rings (SSSR count). The third-order valence-corrected chi connectivity index (χ3v) is 3.23. The molecule has 1 aromatic carbocycles. The van der Waals surface area contributed by atoms with E-state index in [1.165, 1.54) is 0 Å². The predicted molar refractivity (Wildman–Crippen MR) is 79.2 cm³/mol. The Kier molecular flexibility index (Phi) is 5.00. The summed E-state index contributed by atoms with van der Waals surface area (Å²) < 4.78 is 0. The zero-order valence-corrected chi connectivity index (χ0v) is 12.7. The van der Waals surface area contributed by atoms with Gasteiger partial charge in [0.25, 0.3) is 0 Å². The van der Waals surface area contributed by atoms with Crippen molar-refractivity contribution in [2.75, 3.05) is 5.32 Å². The fraction of sp³-hybridized carbons (Fsp3) is 0.429. The number of benzene rings is 1. The van der Waals surface area contributed by atoms with Crippen LogP contribution in [0.1, 0.15) is 26.3 Å². The SMILES string of the molecule is Cc1ccc(NC(=O)N[C@@H](C(=O)O)C(C)(C)C)cc1Cl. The molecule has 0 saturated carbocycles. The molecule has 1 aromatic rings. The Labute approximate surface area is 123 Å². The van der Waals surface area contributed by atoms with Crippen LogP contribution < -0.4 is 10.6 Å². The van der Waals surface area contributed by atoms with Crippen LogP contribution in [0.15, 0.2) is 18.2 Å². The van der Waals surface area contributed by atoms with Crippen LogP contribution in [0.5, 0.6) is 0 Å². The number of aryl methyl sites for hydroxylation is 1. The molecule has 0 fully saturated rings. The van der Waals surface area contributed by atoms with Crippen LogP contribution in [0.2, 0.25) is 5.02 Å². The molecule has 0 bridgehead atoms. The number of halogens is 1. The maximum absolute atomic E-state index is 11.8. The fourth-order valence-corrected chi connectivity index (χ4v) is 1.80. The monoisotopic (exact) mass is 298 g/mol. The van der Waals surface area contributed by atoms with Gasteiger partial charge in [0, 0.05) is 10.7 Å². The van der Waals surface area contributed by atoms with Crippen molar-refractivity contribution in [3.8, 4) is 0 Å². The number of hydrogen-bond acceptors (Lipinski definition) is 2. The van der Waals surface area contributed by atoms with E-state index in [0.717, 1.165) is 5.56 Å². The molecule has 110 valence electrons. The standard InChI is InChI=1S/C14H19ClN2O3/c1-8-5-6-9(7-10(8)15)16-13(20)17-11(12(18)19)14(2,3)4/h5-7,11H,1-4H3,(H,18,19)(H2,16,17,20)/t11-/m0/s1. The van der Waals surface area contributed by atoms with Gasteiger partial charge in [0.05, 0.1) is 0 Å². The highest BCUT2D eigenvalue weighted by molar-refractivity contribution is 6.31. The second-order valence-electron chi connectivity index (χ2n) is 5.70. The topological polar surface area (TPSA) is 78.4 Å². The van der Waals surface area contributed by atoms with Gasteiger partial charge in [-0.2, -0.15) is 0 Å². The van der Waals surface area contributed by atoms with Crippen molar-refractivity contribution in [1.82, 2.24) is 5.32 Å². The molecule has 20 heavy (non-hydrogen) atoms. The molecule has 0 aliphatic heterocycles. The van der Waals surface area contributed by atoms with Crippen LogP contribution in [-0.4, -0.2) is 23.1 Å². The van der Waals surface area contributed by atoms with E-state index >= 15 is 0 Å². The van der Waals surface area contributed by atoms with Gasteiger partial charge in [0.2, 0.25) is 0 Å². The highest BCUT2D eigenvalue weighted by Crippen LogP contribution is 2.21. The van der Waals surface area contributed by atoms with Gasteiger partial charge in [-0.3, -0.25) is 0 Å². The predicted octanol–water partition coefficient (Wildman–Crippen LogP) is 3.27. The summed E-state index contributed by atoms with van der Waals surface area (Å²) in [5, 5.41) is 14.7. The summed E-state index contributed by atoms with van der Waals surface area (Å²) >= 11 is 5.96. The van der Waals surface area contributed by atoms with Gasteiger partial charge in [-0.1, -0.05) is 38.4 Å². The number of aliphatic carboxylic acids is 1. The van der Waals surface area contributed by atoms with Crippen molar-refractivity contribution in [2.45, 2.75) is 33.7 Å². The molecule has 0 aliphatic rings. The van der Waals surface area contributed by atoms with E-state index in [1.807, 2.05) is 6.92 Å². The number of amides is 2. The smallest absolute Gasteiger partial charge is 0.326 e. The molecule has 0 aliphatic carbocycles. The van der Waals surface area contributed by atoms with Gasteiger partial charge in [-0.25, -0.2) is 9.59 Å². The molecule has 0 radical (unpaired) electrons. The Morgan fingerprint density at radius 2 is 1.90 bits per heavy atom. The summed E-state index contributed by atoms with van der Waals surface area (Å²) in [6, 6.07) is 3.53. The van der Waals surface area contributed by atoms with E-state index in [0.29, 0.717) is 10.7 Å². The molecule has 0 unspecified atom stereocenters. The Bertz CT molecular complexity index is 524. The lowest BCUT2D eigenvalue weighted by Crippen LogP contribution is -2.50. The molecule has 0 aromatic heterocycles. The third kappa shape index (κ3) is 4.42. The number of nitrogens with one attached hydrogen (secondary N) is 2. The van der Waals surface area contributed by atoms with Crippen LogP contribution in [0.4, 0.5) is 10.5 Å². The van der Waals surface area contributed by atoms with Crippen molar-refractivity contribution in [2.24, 2.45) is 5.41 Å². The van der Waals surface area contributed by atoms with Gasteiger partial charge >= 0.3 is 12.0 Å². The molecule has 0 saturated heterocycles. The van der Waals surface area contributed by atoms with Gasteiger partial charge in [0.1, 0.15) is 6.04 Å².